The molecule has 3 rings (SSSR count). The first-order valence-corrected chi connectivity index (χ1v) is 9.78. The first-order chi connectivity index (χ1) is 13.2. The highest BCUT2D eigenvalue weighted by Crippen LogP contribution is 2.10. The van der Waals surface area contributed by atoms with Gasteiger partial charge in [0, 0.05) is 12.1 Å². The maximum Gasteiger partial charge on any atom is 0.278 e. The van der Waals surface area contributed by atoms with E-state index in [1.165, 1.54) is 10.5 Å². The third-order valence-electron chi connectivity index (χ3n) is 5.53. The monoisotopic (exact) mass is 369 g/mol. The zero-order valence-corrected chi connectivity index (χ0v) is 16.3. The number of hydrogen-bond acceptors (Lipinski definition) is 2. The molecule has 1 aliphatic heterocycles. The fourth-order valence-electron chi connectivity index (χ4n) is 3.69. The first-order valence-electron chi connectivity index (χ1n) is 9.78. The van der Waals surface area contributed by atoms with Crippen LogP contribution in [0.5, 0.6) is 5.75 Å². The van der Waals surface area contributed by atoms with Gasteiger partial charge in [-0.3, -0.25) is 4.79 Å². The Hall–Kier alpha value is -2.37. The number of hydrogen-bond donors (Lipinski definition) is 3. The van der Waals surface area contributed by atoms with E-state index in [4.69, 9.17) is 4.74 Å². The predicted molar refractivity (Wildman–Crippen MR) is 106 cm³/mol. The van der Waals surface area contributed by atoms with E-state index in [-0.39, 0.29) is 11.9 Å². The summed E-state index contributed by atoms with van der Waals surface area (Å²) in [5, 5.41) is 3.08. The van der Waals surface area contributed by atoms with E-state index >= 15 is 0 Å². The average molecular weight is 370 g/mol. The molecule has 144 valence electrons. The second-order valence-electron chi connectivity index (χ2n) is 7.36. The zero-order chi connectivity index (χ0) is 19.1. The number of piperazine rings is 1. The quantitative estimate of drug-likeness (QED) is 0.627. The summed E-state index contributed by atoms with van der Waals surface area (Å²) < 4.78 is 5.17. The number of carbonyl (C=O) groups is 1. The summed E-state index contributed by atoms with van der Waals surface area (Å²) in [5.74, 6) is 0.964. The summed E-state index contributed by atoms with van der Waals surface area (Å²) in [5.41, 5.74) is 2.48. The van der Waals surface area contributed by atoms with Crippen molar-refractivity contribution in [1.29, 1.82) is 0 Å². The fraction of sp³-hybridized carbons (Fsp3) is 0.409. The molecule has 1 saturated heterocycles. The van der Waals surface area contributed by atoms with Gasteiger partial charge in [-0.25, -0.2) is 0 Å². The lowest BCUT2D eigenvalue weighted by atomic mass is 10.1. The highest BCUT2D eigenvalue weighted by Gasteiger charge is 2.30. The van der Waals surface area contributed by atoms with Crippen molar-refractivity contribution in [3.8, 4) is 5.75 Å². The van der Waals surface area contributed by atoms with Crippen LogP contribution in [0.15, 0.2) is 54.6 Å². The average Bonchev–Trinajstić information content (AvgIpc) is 2.73. The molecule has 5 heteroatoms. The highest BCUT2D eigenvalue weighted by molar-refractivity contribution is 5.79. The van der Waals surface area contributed by atoms with Gasteiger partial charge < -0.3 is 19.9 Å². The molecule has 3 N–H and O–H groups in total. The maximum atomic E-state index is 12.5. The van der Waals surface area contributed by atoms with Crippen LogP contribution in [0.25, 0.3) is 0 Å². The normalized spacial score (nSPS) is 20.7. The minimum atomic E-state index is -0.0125. The molecule has 2 aromatic carbocycles. The first kappa shape index (κ1) is 19.4. The van der Waals surface area contributed by atoms with Crippen molar-refractivity contribution >= 4 is 5.91 Å². The number of carbonyl (C=O) groups excluding carboxylic acids is 1. The molecule has 27 heavy (non-hydrogen) atoms. The van der Waals surface area contributed by atoms with Crippen LogP contribution in [0.2, 0.25) is 0 Å². The van der Waals surface area contributed by atoms with Crippen LogP contribution in [0.3, 0.4) is 0 Å². The number of quaternary nitrogens is 2. The van der Waals surface area contributed by atoms with Crippen molar-refractivity contribution in [2.24, 2.45) is 0 Å². The summed E-state index contributed by atoms with van der Waals surface area (Å²) in [4.78, 5) is 15.5. The van der Waals surface area contributed by atoms with Crippen molar-refractivity contribution in [2.45, 2.75) is 26.1 Å². The van der Waals surface area contributed by atoms with Crippen molar-refractivity contribution < 1.29 is 19.3 Å². The molecule has 1 amide bonds. The van der Waals surface area contributed by atoms with Gasteiger partial charge in [0.15, 0.2) is 6.04 Å². The topological polar surface area (TPSA) is 47.2 Å². The molecule has 1 fully saturated rings. The molecule has 0 unspecified atom stereocenters. The summed E-state index contributed by atoms with van der Waals surface area (Å²) >= 11 is 0. The fourth-order valence-corrected chi connectivity index (χ4v) is 3.69. The van der Waals surface area contributed by atoms with Crippen LogP contribution in [0, 0.1) is 0 Å². The lowest BCUT2D eigenvalue weighted by Crippen LogP contribution is -3.29. The summed E-state index contributed by atoms with van der Waals surface area (Å²) in [7, 11) is 1.66. The van der Waals surface area contributed by atoms with E-state index in [1.807, 2.05) is 31.2 Å². The Bertz CT molecular complexity index is 710. The molecule has 0 saturated carbocycles. The predicted octanol–water partition coefficient (Wildman–Crippen LogP) is -0.316. The lowest BCUT2D eigenvalue weighted by Gasteiger charge is -2.32. The third-order valence-corrected chi connectivity index (χ3v) is 5.53. The number of benzene rings is 2. The minimum absolute atomic E-state index is 0.0125. The van der Waals surface area contributed by atoms with Crippen LogP contribution in [0.1, 0.15) is 18.1 Å². The molecule has 0 aliphatic carbocycles. The van der Waals surface area contributed by atoms with Crippen molar-refractivity contribution in [3.05, 3.63) is 65.7 Å². The largest absolute Gasteiger partial charge is 0.497 e. The van der Waals surface area contributed by atoms with Gasteiger partial charge in [-0.05, 0) is 24.6 Å². The van der Waals surface area contributed by atoms with Crippen molar-refractivity contribution in [2.75, 3.05) is 33.3 Å². The van der Waals surface area contributed by atoms with Gasteiger partial charge in [0.2, 0.25) is 0 Å². The van der Waals surface area contributed by atoms with E-state index < -0.39 is 0 Å². The third kappa shape index (κ3) is 5.55. The van der Waals surface area contributed by atoms with Gasteiger partial charge >= 0.3 is 0 Å². The Labute approximate surface area is 161 Å². The Morgan fingerprint density at radius 2 is 1.67 bits per heavy atom. The van der Waals surface area contributed by atoms with Gasteiger partial charge in [-0.15, -0.1) is 0 Å². The van der Waals surface area contributed by atoms with Gasteiger partial charge in [0.1, 0.15) is 38.5 Å². The molecule has 1 heterocycles. The molecule has 0 aromatic heterocycles. The van der Waals surface area contributed by atoms with Crippen LogP contribution in [-0.2, 0) is 17.9 Å². The summed E-state index contributed by atoms with van der Waals surface area (Å²) in [6.07, 6.45) is 0. The van der Waals surface area contributed by atoms with Crippen molar-refractivity contribution in [3.63, 3.8) is 0 Å². The van der Waals surface area contributed by atoms with Crippen LogP contribution in [0.4, 0.5) is 0 Å². The molecule has 0 spiro atoms. The number of ether oxygens (including phenoxy) is 1. The van der Waals surface area contributed by atoms with E-state index in [0.29, 0.717) is 6.54 Å². The van der Waals surface area contributed by atoms with Crippen LogP contribution >= 0.6 is 0 Å². The molecule has 1 aliphatic rings. The zero-order valence-electron chi connectivity index (χ0n) is 16.3. The smallest absolute Gasteiger partial charge is 0.278 e. The van der Waals surface area contributed by atoms with E-state index in [2.05, 4.69) is 35.6 Å². The van der Waals surface area contributed by atoms with Crippen LogP contribution < -0.4 is 19.9 Å². The van der Waals surface area contributed by atoms with E-state index in [1.54, 1.807) is 12.0 Å². The van der Waals surface area contributed by atoms with Crippen molar-refractivity contribution in [1.82, 2.24) is 5.32 Å². The lowest BCUT2D eigenvalue weighted by molar-refractivity contribution is -1.02. The minimum Gasteiger partial charge on any atom is -0.497 e. The highest BCUT2D eigenvalue weighted by atomic mass is 16.5. The second kappa shape index (κ2) is 9.53. The molecular weight excluding hydrogens is 338 g/mol. The molecule has 0 bridgehead atoms. The molecule has 0 radical (unpaired) electrons. The Balaban J connectivity index is 1.42. The Morgan fingerprint density at radius 1 is 1.00 bits per heavy atom. The number of methoxy groups -OCH3 is 1. The maximum absolute atomic E-state index is 12.5. The Morgan fingerprint density at radius 3 is 2.30 bits per heavy atom. The van der Waals surface area contributed by atoms with E-state index in [9.17, 15) is 4.79 Å². The molecule has 2 aromatic rings. The molecule has 1 atom stereocenters. The number of amides is 1. The molecule has 5 nitrogen and oxygen atoms in total. The number of rotatable bonds is 7. The van der Waals surface area contributed by atoms with Gasteiger partial charge in [0.25, 0.3) is 5.91 Å². The number of nitrogens with one attached hydrogen (secondary N) is 3. The second-order valence-corrected chi connectivity index (χ2v) is 7.36. The SMILES string of the molecule is COc1ccc(CNC(=O)[C@H](C)[NH+]2CC[NH+](Cc3ccccc3)CC2)cc1. The Kier molecular flexibility index (Phi) is 6.85. The van der Waals surface area contributed by atoms with Crippen LogP contribution in [-0.4, -0.2) is 45.2 Å². The molecular formula is C22H31N3O2+2. The summed E-state index contributed by atoms with van der Waals surface area (Å²) in [6.45, 7) is 7.98. The van der Waals surface area contributed by atoms with Gasteiger partial charge in [-0.1, -0.05) is 42.5 Å². The van der Waals surface area contributed by atoms with Gasteiger partial charge in [0.05, 0.1) is 7.11 Å². The summed E-state index contributed by atoms with van der Waals surface area (Å²) in [6, 6.07) is 18.5. The standard InChI is InChI=1S/C22H29N3O2/c1-18(22(26)23-16-19-8-10-21(27-2)11-9-19)25-14-12-24(13-15-25)17-20-6-4-3-5-7-20/h3-11,18H,12-17H2,1-2H3,(H,23,26)/p+2/t18-/m0/s1. The van der Waals surface area contributed by atoms with Gasteiger partial charge in [-0.2, -0.15) is 0 Å². The van der Waals surface area contributed by atoms with E-state index in [0.717, 1.165) is 44.0 Å².